The van der Waals surface area contributed by atoms with E-state index >= 15 is 0 Å². The van der Waals surface area contributed by atoms with Crippen molar-refractivity contribution in [1.29, 1.82) is 0 Å². The Morgan fingerprint density at radius 1 is 1.04 bits per heavy atom. The predicted molar refractivity (Wildman–Crippen MR) is 96.7 cm³/mol. The normalized spacial score (nSPS) is 10.8. The maximum atomic E-state index is 6.16. The Kier molecular flexibility index (Phi) is 5.03. The zero-order chi connectivity index (χ0) is 16.8. The average molecular weight is 339 g/mol. The highest BCUT2D eigenvalue weighted by Crippen LogP contribution is 2.28. The molecule has 0 aliphatic carbocycles. The van der Waals surface area contributed by atoms with E-state index in [4.69, 9.17) is 16.3 Å². The molecule has 0 aliphatic heterocycles. The van der Waals surface area contributed by atoms with Crippen LogP contribution < -0.4 is 10.2 Å². The monoisotopic (exact) mass is 338 g/mol. The number of methoxy groups -OCH3 is 1. The second kappa shape index (κ2) is 7.57. The van der Waals surface area contributed by atoms with Crippen LogP contribution in [0.25, 0.3) is 11.1 Å². The molecule has 2 aromatic carbocycles. The van der Waals surface area contributed by atoms with Gasteiger partial charge in [0.25, 0.3) is 0 Å². The van der Waals surface area contributed by atoms with E-state index in [0.717, 1.165) is 22.4 Å². The zero-order valence-electron chi connectivity index (χ0n) is 13.0. The Labute approximate surface area is 145 Å². The first-order valence-electron chi connectivity index (χ1n) is 7.28. The third-order valence-electron chi connectivity index (χ3n) is 3.34. The van der Waals surface area contributed by atoms with Crippen molar-refractivity contribution in [2.75, 3.05) is 12.5 Å². The maximum absolute atomic E-state index is 6.16. The van der Waals surface area contributed by atoms with Gasteiger partial charge < -0.3 is 4.74 Å². The standard InChI is InChI=1S/C18H15ClN4O/c1-24-15-9-7-14(8-10-15)16-11-17(22-23-18(16)19)21-20-12-13-5-3-2-4-6-13/h2-12H,1H3,(H,21,22)/b20-12+. The first-order valence-corrected chi connectivity index (χ1v) is 7.66. The molecule has 120 valence electrons. The quantitative estimate of drug-likeness (QED) is 0.558. The van der Waals surface area contributed by atoms with E-state index < -0.39 is 0 Å². The zero-order valence-corrected chi connectivity index (χ0v) is 13.7. The van der Waals surface area contributed by atoms with E-state index in [2.05, 4.69) is 20.7 Å². The van der Waals surface area contributed by atoms with Crippen LogP contribution in [-0.2, 0) is 0 Å². The highest BCUT2D eigenvalue weighted by molar-refractivity contribution is 6.32. The molecule has 6 heteroatoms. The van der Waals surface area contributed by atoms with Gasteiger partial charge in [-0.05, 0) is 29.3 Å². The predicted octanol–water partition coefficient (Wildman–Crippen LogP) is 4.25. The molecule has 0 bridgehead atoms. The number of halogens is 1. The SMILES string of the molecule is COc1ccc(-c2cc(N/N=C/c3ccccc3)nnc2Cl)cc1. The van der Waals surface area contributed by atoms with Gasteiger partial charge in [0, 0.05) is 5.56 Å². The van der Waals surface area contributed by atoms with Gasteiger partial charge in [0.15, 0.2) is 11.0 Å². The molecule has 0 spiro atoms. The van der Waals surface area contributed by atoms with Gasteiger partial charge in [0.2, 0.25) is 0 Å². The molecule has 0 atom stereocenters. The van der Waals surface area contributed by atoms with Crippen LogP contribution in [0.15, 0.2) is 65.8 Å². The van der Waals surface area contributed by atoms with Crippen LogP contribution in [0.5, 0.6) is 5.75 Å². The smallest absolute Gasteiger partial charge is 0.169 e. The Hall–Kier alpha value is -2.92. The molecule has 1 N–H and O–H groups in total. The Balaban J connectivity index is 1.79. The second-order valence-electron chi connectivity index (χ2n) is 4.94. The largest absolute Gasteiger partial charge is 0.497 e. The van der Waals surface area contributed by atoms with E-state index in [1.54, 1.807) is 19.4 Å². The van der Waals surface area contributed by atoms with Crippen LogP contribution >= 0.6 is 11.6 Å². The van der Waals surface area contributed by atoms with Gasteiger partial charge in [0.05, 0.1) is 13.3 Å². The Morgan fingerprint density at radius 3 is 2.50 bits per heavy atom. The molecule has 0 radical (unpaired) electrons. The summed E-state index contributed by atoms with van der Waals surface area (Å²) in [5, 5.41) is 12.5. The van der Waals surface area contributed by atoms with Crippen molar-refractivity contribution in [3.8, 4) is 16.9 Å². The topological polar surface area (TPSA) is 59.4 Å². The number of nitrogens with zero attached hydrogens (tertiary/aromatic N) is 3. The molecular weight excluding hydrogens is 324 g/mol. The maximum Gasteiger partial charge on any atom is 0.169 e. The molecule has 0 amide bonds. The Bertz CT molecular complexity index is 835. The lowest BCUT2D eigenvalue weighted by molar-refractivity contribution is 0.415. The molecule has 3 rings (SSSR count). The molecular formula is C18H15ClN4O. The lowest BCUT2D eigenvalue weighted by atomic mass is 10.1. The molecule has 3 aromatic rings. The van der Waals surface area contributed by atoms with Crippen molar-refractivity contribution in [2.24, 2.45) is 5.10 Å². The highest BCUT2D eigenvalue weighted by Gasteiger charge is 2.07. The van der Waals surface area contributed by atoms with Gasteiger partial charge in [-0.25, -0.2) is 0 Å². The third-order valence-corrected chi connectivity index (χ3v) is 3.62. The average Bonchev–Trinajstić information content (AvgIpc) is 2.64. The van der Waals surface area contributed by atoms with E-state index in [-0.39, 0.29) is 0 Å². The van der Waals surface area contributed by atoms with Crippen molar-refractivity contribution >= 4 is 23.6 Å². The second-order valence-corrected chi connectivity index (χ2v) is 5.30. The van der Waals surface area contributed by atoms with Crippen LogP contribution in [-0.4, -0.2) is 23.5 Å². The van der Waals surface area contributed by atoms with E-state index in [0.29, 0.717) is 11.0 Å². The Morgan fingerprint density at radius 2 is 1.79 bits per heavy atom. The minimum absolute atomic E-state index is 0.331. The van der Waals surface area contributed by atoms with Crippen LogP contribution in [0, 0.1) is 0 Å². The number of hydrogen-bond acceptors (Lipinski definition) is 5. The molecule has 1 aromatic heterocycles. The minimum atomic E-state index is 0.331. The molecule has 0 fully saturated rings. The summed E-state index contributed by atoms with van der Waals surface area (Å²) in [6.45, 7) is 0. The third kappa shape index (κ3) is 3.88. The lowest BCUT2D eigenvalue weighted by Crippen LogP contribution is -1.97. The molecule has 0 saturated heterocycles. The van der Waals surface area contributed by atoms with Crippen LogP contribution in [0.4, 0.5) is 5.82 Å². The fraction of sp³-hybridized carbons (Fsp3) is 0.0556. The molecule has 24 heavy (non-hydrogen) atoms. The number of hydrogen-bond donors (Lipinski definition) is 1. The summed E-state index contributed by atoms with van der Waals surface area (Å²) in [6.07, 6.45) is 1.71. The van der Waals surface area contributed by atoms with E-state index in [1.807, 2.05) is 54.6 Å². The van der Waals surface area contributed by atoms with Gasteiger partial charge in [-0.1, -0.05) is 54.1 Å². The first kappa shape index (κ1) is 16.0. The summed E-state index contributed by atoms with van der Waals surface area (Å²) in [5.41, 5.74) is 5.55. The van der Waals surface area contributed by atoms with E-state index in [9.17, 15) is 0 Å². The lowest BCUT2D eigenvalue weighted by Gasteiger charge is -2.07. The number of ether oxygens (including phenoxy) is 1. The van der Waals surface area contributed by atoms with Crippen molar-refractivity contribution in [3.05, 3.63) is 71.4 Å². The molecule has 0 unspecified atom stereocenters. The summed E-state index contributed by atoms with van der Waals surface area (Å²) in [5.74, 6) is 1.29. The van der Waals surface area contributed by atoms with Gasteiger partial charge in [-0.2, -0.15) is 5.10 Å². The highest BCUT2D eigenvalue weighted by atomic mass is 35.5. The fourth-order valence-electron chi connectivity index (χ4n) is 2.12. The van der Waals surface area contributed by atoms with Crippen molar-refractivity contribution in [3.63, 3.8) is 0 Å². The fourth-order valence-corrected chi connectivity index (χ4v) is 2.32. The van der Waals surface area contributed by atoms with Crippen molar-refractivity contribution in [2.45, 2.75) is 0 Å². The van der Waals surface area contributed by atoms with Crippen molar-refractivity contribution < 1.29 is 4.74 Å². The number of hydrazone groups is 1. The van der Waals surface area contributed by atoms with Gasteiger partial charge in [0.1, 0.15) is 5.75 Å². The summed E-state index contributed by atoms with van der Waals surface area (Å²) in [4.78, 5) is 0. The van der Waals surface area contributed by atoms with E-state index in [1.165, 1.54) is 0 Å². The van der Waals surface area contributed by atoms with Crippen molar-refractivity contribution in [1.82, 2.24) is 10.2 Å². The molecule has 5 nitrogen and oxygen atoms in total. The summed E-state index contributed by atoms with van der Waals surface area (Å²) < 4.78 is 5.16. The summed E-state index contributed by atoms with van der Waals surface area (Å²) in [6, 6.07) is 19.1. The minimum Gasteiger partial charge on any atom is -0.497 e. The number of nitrogens with one attached hydrogen (secondary N) is 1. The van der Waals surface area contributed by atoms with Crippen LogP contribution in [0.3, 0.4) is 0 Å². The number of rotatable bonds is 5. The number of anilines is 1. The van der Waals surface area contributed by atoms with Crippen LogP contribution in [0.1, 0.15) is 5.56 Å². The first-order chi connectivity index (χ1) is 11.8. The van der Waals surface area contributed by atoms with Crippen LogP contribution in [0.2, 0.25) is 5.15 Å². The molecule has 0 aliphatic rings. The summed E-state index contributed by atoms with van der Waals surface area (Å²) in [7, 11) is 1.63. The number of benzene rings is 2. The number of aromatic nitrogens is 2. The summed E-state index contributed by atoms with van der Waals surface area (Å²) >= 11 is 6.16. The molecule has 1 heterocycles. The molecule has 0 saturated carbocycles. The van der Waals surface area contributed by atoms with Gasteiger partial charge >= 0.3 is 0 Å². The van der Waals surface area contributed by atoms with Gasteiger partial charge in [-0.15, -0.1) is 10.2 Å². The van der Waals surface area contributed by atoms with Gasteiger partial charge in [-0.3, -0.25) is 5.43 Å².